The first-order valence-electron chi connectivity index (χ1n) is 8.59. The molecule has 7 nitrogen and oxygen atoms in total. The summed E-state index contributed by atoms with van der Waals surface area (Å²) in [6.07, 6.45) is 1.12. The molecule has 0 unspecified atom stereocenters. The van der Waals surface area contributed by atoms with Crippen molar-refractivity contribution in [3.8, 4) is 11.5 Å². The van der Waals surface area contributed by atoms with Crippen LogP contribution in [0.5, 0.6) is 11.5 Å². The third kappa shape index (κ3) is 7.03. The van der Waals surface area contributed by atoms with Gasteiger partial charge in [0, 0.05) is 21.8 Å². The summed E-state index contributed by atoms with van der Waals surface area (Å²) in [7, 11) is 1.54. The van der Waals surface area contributed by atoms with Gasteiger partial charge < -0.3 is 14.8 Å². The van der Waals surface area contributed by atoms with Gasteiger partial charge in [-0.1, -0.05) is 22.0 Å². The maximum absolute atomic E-state index is 12.0. The second-order valence-corrected chi connectivity index (χ2v) is 7.01. The van der Waals surface area contributed by atoms with Crippen molar-refractivity contribution >= 4 is 39.6 Å². The number of rotatable bonds is 8. The molecule has 0 aliphatic carbocycles. The second kappa shape index (κ2) is 10.5. The number of anilines is 1. The number of amides is 2. The standard InChI is InChI=1S/C20H22BrN3O4/c1-13(2)28-18-8-7-15(21)9-14(18)12-22-24-20(26)11-19(25)23-16-5-4-6-17(10-16)27-3/h4-10,12-13H,11H2,1-3H3,(H,23,25)(H,24,26). The van der Waals surface area contributed by atoms with E-state index in [1.54, 1.807) is 24.3 Å². The van der Waals surface area contributed by atoms with Crippen molar-refractivity contribution in [1.29, 1.82) is 0 Å². The summed E-state index contributed by atoms with van der Waals surface area (Å²) in [6.45, 7) is 3.84. The molecule has 28 heavy (non-hydrogen) atoms. The van der Waals surface area contributed by atoms with E-state index in [1.165, 1.54) is 13.3 Å². The van der Waals surface area contributed by atoms with Gasteiger partial charge in [0.15, 0.2) is 0 Å². The van der Waals surface area contributed by atoms with Crippen LogP contribution in [-0.2, 0) is 9.59 Å². The molecule has 2 aromatic carbocycles. The van der Waals surface area contributed by atoms with Crippen molar-refractivity contribution in [2.75, 3.05) is 12.4 Å². The van der Waals surface area contributed by atoms with Crippen LogP contribution in [0, 0.1) is 0 Å². The van der Waals surface area contributed by atoms with Crippen LogP contribution in [0.3, 0.4) is 0 Å². The quantitative estimate of drug-likeness (QED) is 0.366. The number of carbonyl (C=O) groups is 2. The Bertz CT molecular complexity index is 868. The predicted molar refractivity (Wildman–Crippen MR) is 112 cm³/mol. The molecule has 148 valence electrons. The molecule has 0 heterocycles. The van der Waals surface area contributed by atoms with E-state index in [0.717, 1.165) is 4.47 Å². The third-order valence-electron chi connectivity index (χ3n) is 3.40. The topological polar surface area (TPSA) is 89.0 Å². The lowest BCUT2D eigenvalue weighted by atomic mass is 10.2. The fraction of sp³-hybridized carbons (Fsp3) is 0.250. The molecule has 0 fully saturated rings. The Labute approximate surface area is 172 Å². The Balaban J connectivity index is 1.91. The molecule has 0 bridgehead atoms. The molecule has 2 rings (SSSR count). The Kier molecular flexibility index (Phi) is 8.01. The van der Waals surface area contributed by atoms with Gasteiger partial charge in [0.25, 0.3) is 0 Å². The molecule has 0 saturated heterocycles. The number of nitrogens with one attached hydrogen (secondary N) is 2. The minimum Gasteiger partial charge on any atom is -0.497 e. The Hall–Kier alpha value is -2.87. The largest absolute Gasteiger partial charge is 0.497 e. The fourth-order valence-corrected chi connectivity index (χ4v) is 2.63. The van der Waals surface area contributed by atoms with E-state index in [0.29, 0.717) is 22.7 Å². The summed E-state index contributed by atoms with van der Waals surface area (Å²) in [5.41, 5.74) is 3.59. The van der Waals surface area contributed by atoms with Gasteiger partial charge in [0.05, 0.1) is 19.4 Å². The third-order valence-corrected chi connectivity index (χ3v) is 3.90. The number of carbonyl (C=O) groups excluding carboxylic acids is 2. The maximum Gasteiger partial charge on any atom is 0.249 e. The average Bonchev–Trinajstić information content (AvgIpc) is 2.63. The summed E-state index contributed by atoms with van der Waals surface area (Å²) in [5.74, 6) is 0.275. The van der Waals surface area contributed by atoms with E-state index in [1.807, 2.05) is 32.0 Å². The molecule has 0 radical (unpaired) electrons. The number of halogens is 1. The Morgan fingerprint density at radius 1 is 1.18 bits per heavy atom. The van der Waals surface area contributed by atoms with E-state index in [-0.39, 0.29) is 12.5 Å². The number of nitrogens with zero attached hydrogens (tertiary/aromatic N) is 1. The van der Waals surface area contributed by atoms with Gasteiger partial charge in [-0.3, -0.25) is 9.59 Å². The SMILES string of the molecule is COc1cccc(NC(=O)CC(=O)NN=Cc2cc(Br)ccc2OC(C)C)c1. The van der Waals surface area contributed by atoms with Crippen molar-refractivity contribution in [2.24, 2.45) is 5.10 Å². The van der Waals surface area contributed by atoms with Gasteiger partial charge >= 0.3 is 0 Å². The van der Waals surface area contributed by atoms with Crippen LogP contribution < -0.4 is 20.2 Å². The van der Waals surface area contributed by atoms with Gasteiger partial charge in [-0.25, -0.2) is 5.43 Å². The predicted octanol–water partition coefficient (Wildman–Crippen LogP) is 3.72. The number of hydrogen-bond donors (Lipinski definition) is 2. The fourth-order valence-electron chi connectivity index (χ4n) is 2.25. The van der Waals surface area contributed by atoms with E-state index in [2.05, 4.69) is 31.8 Å². The molecule has 0 aliphatic rings. The van der Waals surface area contributed by atoms with Crippen LogP contribution in [0.25, 0.3) is 0 Å². The minimum absolute atomic E-state index is 0.00298. The zero-order valence-electron chi connectivity index (χ0n) is 15.9. The second-order valence-electron chi connectivity index (χ2n) is 6.10. The Morgan fingerprint density at radius 3 is 2.68 bits per heavy atom. The molecule has 8 heteroatoms. The number of hydrogen-bond acceptors (Lipinski definition) is 5. The zero-order valence-corrected chi connectivity index (χ0v) is 17.4. The summed E-state index contributed by atoms with van der Waals surface area (Å²) in [6, 6.07) is 12.4. The lowest BCUT2D eigenvalue weighted by molar-refractivity contribution is -0.126. The summed E-state index contributed by atoms with van der Waals surface area (Å²) >= 11 is 3.39. The lowest BCUT2D eigenvalue weighted by Crippen LogP contribution is -2.24. The number of ether oxygens (including phenoxy) is 2. The van der Waals surface area contributed by atoms with Crippen molar-refractivity contribution in [3.63, 3.8) is 0 Å². The maximum atomic E-state index is 12.0. The molecule has 0 aliphatic heterocycles. The average molecular weight is 448 g/mol. The van der Waals surface area contributed by atoms with Crippen LogP contribution in [0.15, 0.2) is 52.0 Å². The molecule has 2 N–H and O–H groups in total. The molecule has 0 saturated carbocycles. The van der Waals surface area contributed by atoms with Crippen LogP contribution in [0.4, 0.5) is 5.69 Å². The van der Waals surface area contributed by atoms with E-state index in [9.17, 15) is 9.59 Å². The first-order chi connectivity index (χ1) is 13.4. The summed E-state index contributed by atoms with van der Waals surface area (Å²) in [5, 5.41) is 6.55. The van der Waals surface area contributed by atoms with Crippen molar-refractivity contribution in [2.45, 2.75) is 26.4 Å². The van der Waals surface area contributed by atoms with Crippen LogP contribution in [0.1, 0.15) is 25.8 Å². The highest BCUT2D eigenvalue weighted by Crippen LogP contribution is 2.22. The first-order valence-corrected chi connectivity index (χ1v) is 9.38. The summed E-state index contributed by atoms with van der Waals surface area (Å²) in [4.78, 5) is 23.9. The number of hydrazone groups is 1. The van der Waals surface area contributed by atoms with E-state index >= 15 is 0 Å². The highest BCUT2D eigenvalue weighted by molar-refractivity contribution is 9.10. The Morgan fingerprint density at radius 2 is 1.96 bits per heavy atom. The number of benzene rings is 2. The molecule has 0 spiro atoms. The summed E-state index contributed by atoms with van der Waals surface area (Å²) < 4.78 is 11.7. The molecular formula is C20H22BrN3O4. The van der Waals surface area contributed by atoms with Crippen LogP contribution >= 0.6 is 15.9 Å². The minimum atomic E-state index is -0.530. The lowest BCUT2D eigenvalue weighted by Gasteiger charge is -2.12. The highest BCUT2D eigenvalue weighted by Gasteiger charge is 2.10. The highest BCUT2D eigenvalue weighted by atomic mass is 79.9. The normalized spacial score (nSPS) is 10.8. The van der Waals surface area contributed by atoms with Crippen molar-refractivity contribution in [3.05, 3.63) is 52.5 Å². The molecule has 2 aromatic rings. The van der Waals surface area contributed by atoms with Gasteiger partial charge in [-0.15, -0.1) is 0 Å². The van der Waals surface area contributed by atoms with Gasteiger partial charge in [0.1, 0.15) is 17.9 Å². The van der Waals surface area contributed by atoms with Crippen LogP contribution in [0.2, 0.25) is 0 Å². The van der Waals surface area contributed by atoms with Gasteiger partial charge in [0.2, 0.25) is 11.8 Å². The zero-order chi connectivity index (χ0) is 20.5. The van der Waals surface area contributed by atoms with Gasteiger partial charge in [-0.05, 0) is 44.2 Å². The molecule has 2 amide bonds. The van der Waals surface area contributed by atoms with E-state index in [4.69, 9.17) is 9.47 Å². The van der Waals surface area contributed by atoms with Crippen LogP contribution in [-0.4, -0.2) is 31.2 Å². The smallest absolute Gasteiger partial charge is 0.249 e. The monoisotopic (exact) mass is 447 g/mol. The number of methoxy groups -OCH3 is 1. The first kappa shape index (κ1) is 21.4. The van der Waals surface area contributed by atoms with Gasteiger partial charge in [-0.2, -0.15) is 5.10 Å². The van der Waals surface area contributed by atoms with Crippen molar-refractivity contribution in [1.82, 2.24) is 5.43 Å². The van der Waals surface area contributed by atoms with Crippen molar-refractivity contribution < 1.29 is 19.1 Å². The molecular weight excluding hydrogens is 426 g/mol. The molecule has 0 aromatic heterocycles. The van der Waals surface area contributed by atoms with E-state index < -0.39 is 11.8 Å². The molecule has 0 atom stereocenters.